The molecule has 3 rings (SSSR count). The Morgan fingerprint density at radius 2 is 1.52 bits per heavy atom. The van der Waals surface area contributed by atoms with E-state index >= 15 is 0 Å². The van der Waals surface area contributed by atoms with Crippen LogP contribution in [0.1, 0.15) is 46.1 Å². The Hall–Kier alpha value is -2.05. The van der Waals surface area contributed by atoms with Crippen molar-refractivity contribution in [1.82, 2.24) is 4.90 Å². The fraction of sp³-hybridized carbons (Fsp3) is 0.520. The molecule has 31 heavy (non-hydrogen) atoms. The lowest BCUT2D eigenvalue weighted by molar-refractivity contribution is 0.313. The van der Waals surface area contributed by atoms with Crippen molar-refractivity contribution in [1.29, 1.82) is 0 Å². The van der Waals surface area contributed by atoms with E-state index in [2.05, 4.69) is 81.0 Å². The van der Waals surface area contributed by atoms with Crippen LogP contribution in [0.2, 0.25) is 0 Å². The summed E-state index contributed by atoms with van der Waals surface area (Å²) < 4.78 is 22.2. The highest BCUT2D eigenvalue weighted by molar-refractivity contribution is 7.90. The molecule has 1 aliphatic rings. The first-order valence-corrected chi connectivity index (χ1v) is 12.9. The molecule has 0 unspecified atom stereocenters. The average Bonchev–Trinajstić information content (AvgIpc) is 2.67. The summed E-state index contributed by atoms with van der Waals surface area (Å²) in [6.07, 6.45) is 1.22. The van der Waals surface area contributed by atoms with Crippen molar-refractivity contribution >= 4 is 21.2 Å². The van der Waals surface area contributed by atoms with Crippen molar-refractivity contribution in [3.63, 3.8) is 0 Å². The number of hydrogen-bond acceptors (Lipinski definition) is 5. The lowest BCUT2D eigenvalue weighted by Crippen LogP contribution is -2.44. The van der Waals surface area contributed by atoms with Gasteiger partial charge in [-0.15, -0.1) is 0 Å². The lowest BCUT2D eigenvalue weighted by atomic mass is 10.0. The standard InChI is InChI=1S/C15H25N3.C10H14O2S/c1-15(2,3)16-13-6-5-7-14(12-13)18-10-8-17(4)9-11-18;1-8(2)9-4-6-10(7-5-9)13(3,11)12/h5-7,12,16H,8-11H2,1-4H3;4-8H,1-3H3. The zero-order chi connectivity index (χ0) is 23.2. The summed E-state index contributed by atoms with van der Waals surface area (Å²) in [5.74, 6) is 0.439. The highest BCUT2D eigenvalue weighted by Gasteiger charge is 2.15. The summed E-state index contributed by atoms with van der Waals surface area (Å²) in [5, 5.41) is 3.53. The van der Waals surface area contributed by atoms with Crippen molar-refractivity contribution < 1.29 is 8.42 Å². The van der Waals surface area contributed by atoms with E-state index in [0.717, 1.165) is 31.7 Å². The van der Waals surface area contributed by atoms with E-state index in [0.29, 0.717) is 10.8 Å². The average molecular weight is 446 g/mol. The van der Waals surface area contributed by atoms with Crippen LogP contribution in [-0.2, 0) is 9.84 Å². The molecular weight excluding hydrogens is 406 g/mol. The number of likely N-dealkylation sites (N-methyl/N-ethyl adjacent to an activating group) is 1. The fourth-order valence-corrected chi connectivity index (χ4v) is 4.01. The first-order valence-electron chi connectivity index (χ1n) is 11.0. The van der Waals surface area contributed by atoms with Crippen molar-refractivity contribution in [2.45, 2.75) is 51.0 Å². The largest absolute Gasteiger partial charge is 0.380 e. The highest BCUT2D eigenvalue weighted by Crippen LogP contribution is 2.23. The predicted octanol–water partition coefficient (Wildman–Crippen LogP) is 4.86. The maximum Gasteiger partial charge on any atom is 0.175 e. The first-order chi connectivity index (χ1) is 14.3. The monoisotopic (exact) mass is 445 g/mol. The second-order valence-corrected chi connectivity index (χ2v) is 11.7. The van der Waals surface area contributed by atoms with Crippen LogP contribution in [0, 0.1) is 0 Å². The van der Waals surface area contributed by atoms with Crippen molar-refractivity contribution in [2.24, 2.45) is 0 Å². The van der Waals surface area contributed by atoms with Gasteiger partial charge >= 0.3 is 0 Å². The van der Waals surface area contributed by atoms with Crippen LogP contribution in [0.5, 0.6) is 0 Å². The van der Waals surface area contributed by atoms with Gasteiger partial charge < -0.3 is 15.1 Å². The van der Waals surface area contributed by atoms with Crippen LogP contribution in [0.4, 0.5) is 11.4 Å². The van der Waals surface area contributed by atoms with Gasteiger partial charge in [-0.25, -0.2) is 8.42 Å². The van der Waals surface area contributed by atoms with E-state index in [1.807, 2.05) is 12.1 Å². The molecule has 1 saturated heterocycles. The molecule has 0 aromatic heterocycles. The molecule has 0 radical (unpaired) electrons. The highest BCUT2D eigenvalue weighted by atomic mass is 32.2. The molecule has 5 nitrogen and oxygen atoms in total. The smallest absolute Gasteiger partial charge is 0.175 e. The zero-order valence-electron chi connectivity index (χ0n) is 20.1. The molecule has 1 N–H and O–H groups in total. The Bertz CT molecular complexity index is 924. The molecule has 6 heteroatoms. The van der Waals surface area contributed by atoms with Crippen LogP contribution in [0.15, 0.2) is 53.4 Å². The SMILES string of the molecule is CC(C)c1ccc(S(C)(=O)=O)cc1.CN1CCN(c2cccc(NC(C)(C)C)c2)CC1. The minimum Gasteiger partial charge on any atom is -0.380 e. The molecule has 0 atom stereocenters. The fourth-order valence-electron chi connectivity index (χ4n) is 3.38. The predicted molar refractivity (Wildman–Crippen MR) is 133 cm³/mol. The van der Waals surface area contributed by atoms with Gasteiger partial charge in [-0.2, -0.15) is 0 Å². The third-order valence-corrected chi connectivity index (χ3v) is 6.34. The van der Waals surface area contributed by atoms with E-state index < -0.39 is 9.84 Å². The summed E-state index contributed by atoms with van der Waals surface area (Å²) in [7, 11) is -0.856. The van der Waals surface area contributed by atoms with E-state index in [9.17, 15) is 8.42 Å². The summed E-state index contributed by atoms with van der Waals surface area (Å²) in [6.45, 7) is 15.3. The zero-order valence-corrected chi connectivity index (χ0v) is 21.0. The summed E-state index contributed by atoms with van der Waals surface area (Å²) in [5.41, 5.74) is 3.81. The van der Waals surface area contributed by atoms with Gasteiger partial charge in [-0.3, -0.25) is 0 Å². The Balaban J connectivity index is 0.000000233. The van der Waals surface area contributed by atoms with Gasteiger partial charge in [0.05, 0.1) is 4.90 Å². The number of hydrogen-bond donors (Lipinski definition) is 1. The van der Waals surface area contributed by atoms with E-state index in [-0.39, 0.29) is 5.54 Å². The third-order valence-electron chi connectivity index (χ3n) is 5.21. The van der Waals surface area contributed by atoms with E-state index in [1.165, 1.54) is 17.6 Å². The first kappa shape index (κ1) is 25.2. The minimum absolute atomic E-state index is 0.112. The number of nitrogens with one attached hydrogen (secondary N) is 1. The quantitative estimate of drug-likeness (QED) is 0.728. The molecule has 0 saturated carbocycles. The normalized spacial score (nSPS) is 15.4. The Labute approximate surface area is 189 Å². The van der Waals surface area contributed by atoms with Gasteiger partial charge in [0.2, 0.25) is 0 Å². The number of piperazine rings is 1. The minimum atomic E-state index is -3.05. The van der Waals surface area contributed by atoms with Gasteiger partial charge in [0, 0.05) is 49.3 Å². The van der Waals surface area contributed by atoms with Crippen molar-refractivity contribution in [2.75, 3.05) is 49.7 Å². The third kappa shape index (κ3) is 8.54. The molecule has 1 fully saturated rings. The van der Waals surface area contributed by atoms with Crippen LogP contribution in [0.3, 0.4) is 0 Å². The van der Waals surface area contributed by atoms with Gasteiger partial charge in [-0.1, -0.05) is 32.0 Å². The molecule has 1 heterocycles. The number of anilines is 2. The Morgan fingerprint density at radius 3 is 2.00 bits per heavy atom. The van der Waals surface area contributed by atoms with Gasteiger partial charge in [0.1, 0.15) is 0 Å². The number of benzene rings is 2. The van der Waals surface area contributed by atoms with Crippen molar-refractivity contribution in [3.05, 3.63) is 54.1 Å². The lowest BCUT2D eigenvalue weighted by Gasteiger charge is -2.34. The molecule has 2 aromatic carbocycles. The topological polar surface area (TPSA) is 52.7 Å². The molecule has 0 amide bonds. The number of sulfone groups is 1. The van der Waals surface area contributed by atoms with E-state index in [4.69, 9.17) is 0 Å². The van der Waals surface area contributed by atoms with Crippen molar-refractivity contribution in [3.8, 4) is 0 Å². The molecule has 0 spiro atoms. The maximum atomic E-state index is 11.1. The Kier molecular flexibility index (Phi) is 8.55. The molecule has 0 bridgehead atoms. The molecule has 1 aliphatic heterocycles. The number of rotatable bonds is 4. The second kappa shape index (κ2) is 10.5. The Morgan fingerprint density at radius 1 is 0.935 bits per heavy atom. The van der Waals surface area contributed by atoms with Gasteiger partial charge in [0.25, 0.3) is 0 Å². The molecule has 172 valence electrons. The second-order valence-electron chi connectivity index (χ2n) is 9.71. The summed E-state index contributed by atoms with van der Waals surface area (Å²) >= 11 is 0. The van der Waals surface area contributed by atoms with Crippen LogP contribution < -0.4 is 10.2 Å². The van der Waals surface area contributed by atoms with Gasteiger partial charge in [0.15, 0.2) is 9.84 Å². The summed E-state index contributed by atoms with van der Waals surface area (Å²) in [6, 6.07) is 15.8. The molecule has 2 aromatic rings. The maximum absolute atomic E-state index is 11.1. The van der Waals surface area contributed by atoms with Crippen LogP contribution in [0.25, 0.3) is 0 Å². The molecular formula is C25H39N3O2S. The van der Waals surface area contributed by atoms with E-state index in [1.54, 1.807) is 12.1 Å². The molecule has 0 aliphatic carbocycles. The summed E-state index contributed by atoms with van der Waals surface area (Å²) in [4.78, 5) is 5.23. The van der Waals surface area contributed by atoms with Gasteiger partial charge in [-0.05, 0) is 69.6 Å². The number of nitrogens with zero attached hydrogens (tertiary/aromatic N) is 2. The van der Waals surface area contributed by atoms with Crippen LogP contribution >= 0.6 is 0 Å². The van der Waals surface area contributed by atoms with Crippen LogP contribution in [-0.4, -0.2) is 58.3 Å².